The highest BCUT2D eigenvalue weighted by Crippen LogP contribution is 2.41. The van der Waals surface area contributed by atoms with E-state index in [0.717, 1.165) is 16.7 Å². The van der Waals surface area contributed by atoms with Crippen LogP contribution < -0.4 is 4.74 Å². The van der Waals surface area contributed by atoms with Gasteiger partial charge >= 0.3 is 0 Å². The molecule has 0 radical (unpaired) electrons. The zero-order valence-corrected chi connectivity index (χ0v) is 21.4. The smallest absolute Gasteiger partial charge is 0.295 e. The molecule has 0 saturated carbocycles. The number of ether oxygens (including phenoxy) is 1. The van der Waals surface area contributed by atoms with E-state index in [9.17, 15) is 14.7 Å². The minimum Gasteiger partial charge on any atom is -0.507 e. The normalized spacial score (nSPS) is 16.6. The lowest BCUT2D eigenvalue weighted by atomic mass is 9.94. The van der Waals surface area contributed by atoms with E-state index in [1.807, 2.05) is 43.3 Å². The number of rotatable bonds is 7. The van der Waals surface area contributed by atoms with Crippen LogP contribution in [0.5, 0.6) is 5.75 Å². The maximum atomic E-state index is 13.3. The molecule has 1 saturated heterocycles. The fourth-order valence-electron chi connectivity index (χ4n) is 4.57. The molecule has 1 N–H and O–H groups in total. The Morgan fingerprint density at radius 3 is 2.39 bits per heavy atom. The molecule has 1 atom stereocenters. The minimum absolute atomic E-state index is 0.0265. The monoisotopic (exact) mass is 524 g/mol. The molecule has 1 aliphatic rings. The van der Waals surface area contributed by atoms with E-state index in [1.54, 1.807) is 60.9 Å². The third-order valence-electron chi connectivity index (χ3n) is 6.49. The molecule has 1 fully saturated rings. The number of hydrogen-bond donors (Lipinski definition) is 1. The Morgan fingerprint density at radius 2 is 1.71 bits per heavy atom. The lowest BCUT2D eigenvalue weighted by molar-refractivity contribution is -0.140. The van der Waals surface area contributed by atoms with Crippen molar-refractivity contribution in [3.8, 4) is 5.75 Å². The van der Waals surface area contributed by atoms with Crippen LogP contribution in [0.1, 0.15) is 33.9 Å². The van der Waals surface area contributed by atoms with Gasteiger partial charge in [0.15, 0.2) is 0 Å². The van der Waals surface area contributed by atoms with Crippen LogP contribution in [0.2, 0.25) is 5.02 Å². The first kappa shape index (κ1) is 25.2. The van der Waals surface area contributed by atoms with Gasteiger partial charge in [-0.3, -0.25) is 14.6 Å². The van der Waals surface area contributed by atoms with Crippen LogP contribution in [0.25, 0.3) is 5.76 Å². The molecule has 1 aromatic heterocycles. The molecule has 4 aromatic rings. The number of benzene rings is 3. The number of hydrogen-bond acceptors (Lipinski definition) is 5. The van der Waals surface area contributed by atoms with Gasteiger partial charge in [0.05, 0.1) is 11.6 Å². The Kier molecular flexibility index (Phi) is 7.24. The number of aliphatic hydroxyl groups is 1. The van der Waals surface area contributed by atoms with Crippen molar-refractivity contribution in [2.24, 2.45) is 0 Å². The summed E-state index contributed by atoms with van der Waals surface area (Å²) in [6, 6.07) is 24.8. The van der Waals surface area contributed by atoms with Gasteiger partial charge < -0.3 is 14.7 Å². The van der Waals surface area contributed by atoms with Gasteiger partial charge in [-0.15, -0.1) is 0 Å². The molecule has 2 heterocycles. The van der Waals surface area contributed by atoms with Gasteiger partial charge in [0.25, 0.3) is 11.7 Å². The summed E-state index contributed by atoms with van der Waals surface area (Å²) in [5.41, 5.74) is 3.71. The van der Waals surface area contributed by atoms with E-state index >= 15 is 0 Å². The Hall–Kier alpha value is -4.42. The summed E-state index contributed by atoms with van der Waals surface area (Å²) >= 11 is 6.10. The largest absolute Gasteiger partial charge is 0.507 e. The second-order valence-electron chi connectivity index (χ2n) is 9.09. The molecule has 1 amide bonds. The second-order valence-corrected chi connectivity index (χ2v) is 9.53. The van der Waals surface area contributed by atoms with E-state index in [2.05, 4.69) is 4.98 Å². The summed E-state index contributed by atoms with van der Waals surface area (Å²) in [6.45, 7) is 2.44. The highest BCUT2D eigenvalue weighted by atomic mass is 35.5. The van der Waals surface area contributed by atoms with Gasteiger partial charge in [-0.05, 0) is 65.6 Å². The predicted molar refractivity (Wildman–Crippen MR) is 145 cm³/mol. The zero-order chi connectivity index (χ0) is 26.6. The average Bonchev–Trinajstić information content (AvgIpc) is 3.18. The number of ketones is 1. The van der Waals surface area contributed by atoms with Crippen LogP contribution in [-0.2, 0) is 22.7 Å². The third-order valence-corrected chi connectivity index (χ3v) is 6.74. The number of carbonyl (C=O) groups is 2. The van der Waals surface area contributed by atoms with Crippen LogP contribution in [0.15, 0.2) is 103 Å². The van der Waals surface area contributed by atoms with Gasteiger partial charge in [0.1, 0.15) is 18.1 Å². The van der Waals surface area contributed by atoms with Crippen molar-refractivity contribution in [2.45, 2.75) is 26.1 Å². The standard InChI is InChI=1S/C31H25ClN2O4/c1-20-16-24(11-14-26(20)38-19-21-6-3-2-4-7-21)29(35)27-28(23-9-12-25(32)13-10-23)34(31(37)30(27)36)18-22-8-5-15-33-17-22/h2-17,28,35H,18-19H2,1H3/b29-27+/t28-/m1/s1. The van der Waals surface area contributed by atoms with Crippen LogP contribution in [0.4, 0.5) is 0 Å². The highest BCUT2D eigenvalue weighted by Gasteiger charge is 2.46. The van der Waals surface area contributed by atoms with E-state index < -0.39 is 17.7 Å². The second kappa shape index (κ2) is 10.9. The summed E-state index contributed by atoms with van der Waals surface area (Å²) in [7, 11) is 0. The Labute approximate surface area is 225 Å². The molecule has 1 aliphatic heterocycles. The van der Waals surface area contributed by atoms with Gasteiger partial charge in [-0.25, -0.2) is 0 Å². The summed E-state index contributed by atoms with van der Waals surface area (Å²) in [5, 5.41) is 11.9. The van der Waals surface area contributed by atoms with Crippen molar-refractivity contribution in [1.82, 2.24) is 9.88 Å². The van der Waals surface area contributed by atoms with Crippen molar-refractivity contribution < 1.29 is 19.4 Å². The molecular formula is C31H25ClN2O4. The van der Waals surface area contributed by atoms with Crippen molar-refractivity contribution in [3.63, 3.8) is 0 Å². The SMILES string of the molecule is Cc1cc(/C(O)=C2\C(=O)C(=O)N(Cc3cccnc3)[C@@H]2c2ccc(Cl)cc2)ccc1OCc1ccccc1. The maximum absolute atomic E-state index is 13.3. The number of aliphatic hydroxyl groups excluding tert-OH is 1. The van der Waals surface area contributed by atoms with Crippen LogP contribution in [0, 0.1) is 6.92 Å². The number of aryl methyl sites for hydroxylation is 1. The molecule has 5 rings (SSSR count). The molecule has 3 aromatic carbocycles. The van der Waals surface area contributed by atoms with Gasteiger partial charge in [-0.1, -0.05) is 60.1 Å². The fraction of sp³-hybridized carbons (Fsp3) is 0.129. The van der Waals surface area contributed by atoms with E-state index in [4.69, 9.17) is 16.3 Å². The van der Waals surface area contributed by atoms with E-state index in [-0.39, 0.29) is 17.9 Å². The van der Waals surface area contributed by atoms with Crippen molar-refractivity contribution in [2.75, 3.05) is 0 Å². The molecule has 6 nitrogen and oxygen atoms in total. The zero-order valence-electron chi connectivity index (χ0n) is 20.7. The highest BCUT2D eigenvalue weighted by molar-refractivity contribution is 6.46. The van der Waals surface area contributed by atoms with Gasteiger partial charge in [0, 0.05) is 29.5 Å². The summed E-state index contributed by atoms with van der Waals surface area (Å²) in [6.07, 6.45) is 3.29. The molecule has 38 heavy (non-hydrogen) atoms. The van der Waals surface area contributed by atoms with E-state index in [0.29, 0.717) is 28.5 Å². The lowest BCUT2D eigenvalue weighted by Crippen LogP contribution is -2.29. The number of pyridine rings is 1. The lowest BCUT2D eigenvalue weighted by Gasteiger charge is -2.25. The molecule has 190 valence electrons. The third kappa shape index (κ3) is 5.17. The summed E-state index contributed by atoms with van der Waals surface area (Å²) < 4.78 is 5.96. The average molecular weight is 525 g/mol. The van der Waals surface area contributed by atoms with E-state index in [1.165, 1.54) is 4.90 Å². The quantitative estimate of drug-likeness (QED) is 0.176. The molecular weight excluding hydrogens is 500 g/mol. The Balaban J connectivity index is 1.51. The number of likely N-dealkylation sites (tertiary alicyclic amines) is 1. The molecule has 0 spiro atoms. The van der Waals surface area contributed by atoms with Crippen molar-refractivity contribution >= 4 is 29.1 Å². The first-order valence-electron chi connectivity index (χ1n) is 12.1. The number of aromatic nitrogens is 1. The maximum Gasteiger partial charge on any atom is 0.295 e. The predicted octanol–water partition coefficient (Wildman–Crippen LogP) is 6.24. The van der Waals surface area contributed by atoms with Crippen LogP contribution in [-0.4, -0.2) is 26.7 Å². The number of halogens is 1. The molecule has 0 aliphatic carbocycles. The topological polar surface area (TPSA) is 79.7 Å². The van der Waals surface area contributed by atoms with Crippen molar-refractivity contribution in [1.29, 1.82) is 0 Å². The summed E-state index contributed by atoms with van der Waals surface area (Å²) in [5.74, 6) is -1.00. The Bertz CT molecular complexity index is 1500. The minimum atomic E-state index is -0.790. The number of amides is 1. The number of carbonyl (C=O) groups excluding carboxylic acids is 2. The number of nitrogens with zero attached hydrogens (tertiary/aromatic N) is 2. The first-order valence-corrected chi connectivity index (χ1v) is 12.5. The molecule has 0 bridgehead atoms. The first-order chi connectivity index (χ1) is 18.4. The summed E-state index contributed by atoms with van der Waals surface area (Å²) in [4.78, 5) is 32.1. The van der Waals surface area contributed by atoms with Crippen LogP contribution >= 0.6 is 11.6 Å². The van der Waals surface area contributed by atoms with Crippen LogP contribution in [0.3, 0.4) is 0 Å². The fourth-order valence-corrected chi connectivity index (χ4v) is 4.70. The van der Waals surface area contributed by atoms with Gasteiger partial charge in [-0.2, -0.15) is 0 Å². The number of Topliss-reactive ketones (excluding diaryl/α,β-unsaturated/α-hetero) is 1. The molecule has 7 heteroatoms. The Morgan fingerprint density at radius 1 is 0.974 bits per heavy atom. The van der Waals surface area contributed by atoms with Gasteiger partial charge in [0.2, 0.25) is 0 Å². The molecule has 0 unspecified atom stereocenters. The van der Waals surface area contributed by atoms with Crippen molar-refractivity contribution in [3.05, 3.63) is 136 Å².